The van der Waals surface area contributed by atoms with Gasteiger partial charge in [-0.25, -0.2) is 4.98 Å². The molecule has 1 heterocycles. The summed E-state index contributed by atoms with van der Waals surface area (Å²) in [5, 5.41) is 5.49. The number of nitrogens with zero attached hydrogens (tertiary/aromatic N) is 1. The molecule has 0 spiro atoms. The van der Waals surface area contributed by atoms with Gasteiger partial charge in [-0.3, -0.25) is 0 Å². The summed E-state index contributed by atoms with van der Waals surface area (Å²) in [4.78, 5) is 4.47. The van der Waals surface area contributed by atoms with Crippen LogP contribution in [0.15, 0.2) is 34.8 Å². The number of hydrogen-bond donors (Lipinski definition) is 1. The van der Waals surface area contributed by atoms with Crippen LogP contribution in [0.3, 0.4) is 0 Å². The van der Waals surface area contributed by atoms with Crippen LogP contribution in [0.4, 0.5) is 10.8 Å². The number of halogens is 4. The maximum absolute atomic E-state index is 6.20. The van der Waals surface area contributed by atoms with E-state index in [0.717, 1.165) is 14.7 Å². The van der Waals surface area contributed by atoms with Crippen molar-refractivity contribution >= 4 is 83.1 Å². The summed E-state index contributed by atoms with van der Waals surface area (Å²) >= 11 is 23.2. The highest BCUT2D eigenvalue weighted by atomic mass is 79.9. The van der Waals surface area contributed by atoms with Gasteiger partial charge in [-0.1, -0.05) is 52.2 Å². The van der Waals surface area contributed by atoms with Crippen LogP contribution in [0.1, 0.15) is 0 Å². The van der Waals surface area contributed by atoms with E-state index in [-0.39, 0.29) is 0 Å². The van der Waals surface area contributed by atoms with Crippen LogP contribution in [0.25, 0.3) is 10.2 Å². The normalized spacial score (nSPS) is 11.0. The molecule has 0 saturated heterocycles. The first-order valence-corrected chi connectivity index (χ1v) is 8.26. The van der Waals surface area contributed by atoms with E-state index in [4.69, 9.17) is 34.8 Å². The lowest BCUT2D eigenvalue weighted by atomic mass is 10.3. The molecule has 2 aromatic carbocycles. The molecule has 7 heteroatoms. The van der Waals surface area contributed by atoms with Crippen LogP contribution in [0, 0.1) is 0 Å². The van der Waals surface area contributed by atoms with Crippen molar-refractivity contribution in [2.75, 3.05) is 5.32 Å². The maximum atomic E-state index is 6.20. The number of anilines is 2. The molecule has 0 aliphatic carbocycles. The Morgan fingerprint density at radius 3 is 2.60 bits per heavy atom. The van der Waals surface area contributed by atoms with Crippen molar-refractivity contribution in [3.8, 4) is 0 Å². The van der Waals surface area contributed by atoms with Gasteiger partial charge in [0.2, 0.25) is 0 Å². The lowest BCUT2D eigenvalue weighted by molar-refractivity contribution is 1.44. The number of aromatic nitrogens is 1. The second-order valence-corrected chi connectivity index (χ2v) is 6.97. The minimum atomic E-state index is 0.450. The Bertz CT molecular complexity index is 804. The monoisotopic (exact) mass is 406 g/mol. The van der Waals surface area contributed by atoms with E-state index in [0.29, 0.717) is 25.9 Å². The van der Waals surface area contributed by atoms with E-state index in [1.165, 1.54) is 11.3 Å². The van der Waals surface area contributed by atoms with Gasteiger partial charge >= 0.3 is 0 Å². The minimum Gasteiger partial charge on any atom is -0.330 e. The number of hydrogen-bond acceptors (Lipinski definition) is 3. The molecule has 2 nitrogen and oxygen atoms in total. The number of benzene rings is 2. The van der Waals surface area contributed by atoms with Crippen LogP contribution in [-0.4, -0.2) is 4.98 Å². The highest BCUT2D eigenvalue weighted by Crippen LogP contribution is 2.39. The maximum Gasteiger partial charge on any atom is 0.188 e. The smallest absolute Gasteiger partial charge is 0.188 e. The average molecular weight is 409 g/mol. The quantitative estimate of drug-likeness (QED) is 0.474. The first kappa shape index (κ1) is 14.4. The average Bonchev–Trinajstić information content (AvgIpc) is 2.84. The zero-order valence-corrected chi connectivity index (χ0v) is 14.4. The molecule has 0 amide bonds. The summed E-state index contributed by atoms with van der Waals surface area (Å²) in [7, 11) is 0. The van der Waals surface area contributed by atoms with Crippen LogP contribution in [0.2, 0.25) is 15.1 Å². The molecule has 0 unspecified atom stereocenters. The highest BCUT2D eigenvalue weighted by molar-refractivity contribution is 9.10. The summed E-state index contributed by atoms with van der Waals surface area (Å²) in [6, 6.07) is 9.30. The Morgan fingerprint density at radius 1 is 1.05 bits per heavy atom. The third-order valence-corrected chi connectivity index (χ3v) is 5.86. The molecule has 1 N–H and O–H groups in total. The Morgan fingerprint density at radius 2 is 1.85 bits per heavy atom. The first-order chi connectivity index (χ1) is 9.56. The Labute approximate surface area is 142 Å². The molecular weight excluding hydrogens is 402 g/mol. The Kier molecular flexibility index (Phi) is 4.11. The fourth-order valence-electron chi connectivity index (χ4n) is 1.71. The fourth-order valence-corrected chi connectivity index (χ4v) is 3.70. The predicted molar refractivity (Wildman–Crippen MR) is 92.1 cm³/mol. The highest BCUT2D eigenvalue weighted by Gasteiger charge is 2.11. The lowest BCUT2D eigenvalue weighted by Gasteiger charge is -2.07. The van der Waals surface area contributed by atoms with Gasteiger partial charge in [0.1, 0.15) is 0 Å². The zero-order valence-electron chi connectivity index (χ0n) is 9.75. The van der Waals surface area contributed by atoms with Crippen molar-refractivity contribution in [3.05, 3.63) is 49.9 Å². The summed E-state index contributed by atoms with van der Waals surface area (Å²) in [5.74, 6) is 0. The molecular formula is C13H6BrCl3N2S. The van der Waals surface area contributed by atoms with Gasteiger partial charge in [0.25, 0.3) is 0 Å². The molecule has 3 aromatic rings. The molecule has 0 radical (unpaired) electrons. The third kappa shape index (κ3) is 2.63. The van der Waals surface area contributed by atoms with E-state index in [1.54, 1.807) is 0 Å². The Hall–Kier alpha value is -0.520. The topological polar surface area (TPSA) is 24.9 Å². The molecule has 20 heavy (non-hydrogen) atoms. The van der Waals surface area contributed by atoms with Crippen LogP contribution in [-0.2, 0) is 0 Å². The molecule has 3 rings (SSSR count). The van der Waals surface area contributed by atoms with Crippen molar-refractivity contribution in [2.24, 2.45) is 0 Å². The lowest BCUT2D eigenvalue weighted by Crippen LogP contribution is -1.90. The van der Waals surface area contributed by atoms with Crippen molar-refractivity contribution in [1.82, 2.24) is 4.98 Å². The second kappa shape index (κ2) is 5.70. The molecule has 0 atom stereocenters. The van der Waals surface area contributed by atoms with Gasteiger partial charge in [-0.05, 0) is 40.2 Å². The molecule has 102 valence electrons. The number of rotatable bonds is 2. The molecule has 0 bridgehead atoms. The van der Waals surface area contributed by atoms with Crippen LogP contribution < -0.4 is 5.32 Å². The number of thiazole rings is 1. The van der Waals surface area contributed by atoms with E-state index in [2.05, 4.69) is 26.2 Å². The van der Waals surface area contributed by atoms with Crippen molar-refractivity contribution in [3.63, 3.8) is 0 Å². The standard InChI is InChI=1S/C13H6BrCl3N2S/c14-6-4-5-8(11(17)10(6)16)18-13-19-9-3-1-2-7(15)12(9)20-13/h1-5H,(H,18,19). The SMILES string of the molecule is Clc1c(Br)ccc(Nc2nc3cccc(Cl)c3s2)c1Cl. The fraction of sp³-hybridized carbons (Fsp3) is 0. The van der Waals surface area contributed by atoms with Gasteiger partial charge in [0.15, 0.2) is 5.13 Å². The minimum absolute atomic E-state index is 0.450. The van der Waals surface area contributed by atoms with Gasteiger partial charge in [0.05, 0.1) is 31.0 Å². The summed E-state index contributed by atoms with van der Waals surface area (Å²) in [6.07, 6.45) is 0. The first-order valence-electron chi connectivity index (χ1n) is 5.52. The molecule has 0 saturated carbocycles. The van der Waals surface area contributed by atoms with Gasteiger partial charge in [-0.2, -0.15) is 0 Å². The summed E-state index contributed by atoms with van der Waals surface area (Å²) in [6.45, 7) is 0. The number of nitrogens with one attached hydrogen (secondary N) is 1. The molecule has 0 fully saturated rings. The second-order valence-electron chi connectivity index (χ2n) is 3.96. The Balaban J connectivity index is 2.01. The van der Waals surface area contributed by atoms with Gasteiger partial charge < -0.3 is 5.32 Å². The summed E-state index contributed by atoms with van der Waals surface area (Å²) in [5.41, 5.74) is 1.55. The van der Waals surface area contributed by atoms with Gasteiger partial charge in [-0.15, -0.1) is 0 Å². The van der Waals surface area contributed by atoms with Gasteiger partial charge in [0, 0.05) is 4.47 Å². The third-order valence-electron chi connectivity index (χ3n) is 2.64. The number of fused-ring (bicyclic) bond motifs is 1. The van der Waals surface area contributed by atoms with Crippen molar-refractivity contribution in [2.45, 2.75) is 0 Å². The van der Waals surface area contributed by atoms with Crippen LogP contribution in [0.5, 0.6) is 0 Å². The van der Waals surface area contributed by atoms with Crippen molar-refractivity contribution < 1.29 is 0 Å². The van der Waals surface area contributed by atoms with E-state index < -0.39 is 0 Å². The van der Waals surface area contributed by atoms with E-state index in [9.17, 15) is 0 Å². The van der Waals surface area contributed by atoms with Crippen molar-refractivity contribution in [1.29, 1.82) is 0 Å². The summed E-state index contributed by atoms with van der Waals surface area (Å²) < 4.78 is 1.69. The van der Waals surface area contributed by atoms with E-state index >= 15 is 0 Å². The zero-order chi connectivity index (χ0) is 14.3. The predicted octanol–water partition coefficient (Wildman–Crippen LogP) is 6.76. The molecule has 1 aromatic heterocycles. The largest absolute Gasteiger partial charge is 0.330 e. The molecule has 0 aliphatic rings. The van der Waals surface area contributed by atoms with Crippen LogP contribution >= 0.6 is 62.1 Å². The molecule has 0 aliphatic heterocycles. The van der Waals surface area contributed by atoms with E-state index in [1.807, 2.05) is 30.3 Å².